The molecule has 1 aliphatic heterocycles. The van der Waals surface area contributed by atoms with Crippen LogP contribution >= 0.6 is 0 Å². The number of hydrogen-bond acceptors (Lipinski definition) is 6. The van der Waals surface area contributed by atoms with Gasteiger partial charge >= 0.3 is 0 Å². The van der Waals surface area contributed by atoms with Crippen LogP contribution in [0.1, 0.15) is 45.1 Å². The summed E-state index contributed by atoms with van der Waals surface area (Å²) in [6, 6.07) is 14.0. The third-order valence-corrected chi connectivity index (χ3v) is 8.76. The first kappa shape index (κ1) is 25.0. The SMILES string of the molecule is CCOc1cccc(-c2ccc(C3CCN(S(=O)(=O)C(C)(C)C(=O)NO)CC3)cc2OC)c1. The van der Waals surface area contributed by atoms with Crippen LogP contribution in [0.3, 0.4) is 0 Å². The number of rotatable bonds is 8. The maximum absolute atomic E-state index is 13.0. The normalized spacial score (nSPS) is 15.8. The molecule has 9 heteroatoms. The smallest absolute Gasteiger partial charge is 0.265 e. The molecular weight excluding hydrogens is 444 g/mol. The van der Waals surface area contributed by atoms with E-state index in [-0.39, 0.29) is 5.92 Å². The van der Waals surface area contributed by atoms with Crippen LogP contribution in [0.25, 0.3) is 11.1 Å². The molecule has 0 unspecified atom stereocenters. The molecule has 0 saturated carbocycles. The van der Waals surface area contributed by atoms with Crippen LogP contribution in [0.5, 0.6) is 11.5 Å². The average Bonchev–Trinajstić information content (AvgIpc) is 2.83. The van der Waals surface area contributed by atoms with E-state index in [1.807, 2.05) is 43.3 Å². The molecule has 1 fully saturated rings. The van der Waals surface area contributed by atoms with Crippen molar-refractivity contribution in [1.82, 2.24) is 9.79 Å². The van der Waals surface area contributed by atoms with Crippen molar-refractivity contribution in [2.24, 2.45) is 0 Å². The highest BCUT2D eigenvalue weighted by Gasteiger charge is 2.46. The van der Waals surface area contributed by atoms with Crippen molar-refractivity contribution < 1.29 is 27.9 Å². The standard InChI is InChI=1S/C24H32N2O6S/c1-5-32-20-8-6-7-19(15-20)21-10-9-18(16-22(21)31-4)17-11-13-26(14-12-17)33(29,30)24(2,3)23(27)25-28/h6-10,15-17,28H,5,11-14H2,1-4H3,(H,25,27). The number of hydroxylamine groups is 1. The van der Waals surface area contributed by atoms with Crippen LogP contribution in [0.2, 0.25) is 0 Å². The number of amides is 1. The van der Waals surface area contributed by atoms with Crippen LogP contribution in [0.15, 0.2) is 42.5 Å². The number of ether oxygens (including phenoxy) is 2. The van der Waals surface area contributed by atoms with Crippen LogP contribution in [0, 0.1) is 0 Å². The van der Waals surface area contributed by atoms with Gasteiger partial charge in [0.05, 0.1) is 13.7 Å². The molecule has 2 N–H and O–H groups in total. The third-order valence-electron chi connectivity index (χ3n) is 6.24. The number of sulfonamides is 1. The van der Waals surface area contributed by atoms with E-state index in [1.54, 1.807) is 7.11 Å². The van der Waals surface area contributed by atoms with Crippen LogP contribution in [-0.2, 0) is 14.8 Å². The van der Waals surface area contributed by atoms with Gasteiger partial charge in [0.1, 0.15) is 11.5 Å². The minimum Gasteiger partial charge on any atom is -0.496 e. The Hall–Kier alpha value is -2.62. The van der Waals surface area contributed by atoms with Gasteiger partial charge in [-0.25, -0.2) is 18.2 Å². The molecule has 0 bridgehead atoms. The Morgan fingerprint density at radius 3 is 2.48 bits per heavy atom. The topological polar surface area (TPSA) is 105 Å². The molecule has 1 amide bonds. The van der Waals surface area contributed by atoms with Gasteiger partial charge in [-0.3, -0.25) is 10.0 Å². The van der Waals surface area contributed by atoms with Crippen molar-refractivity contribution in [3.63, 3.8) is 0 Å². The van der Waals surface area contributed by atoms with Gasteiger partial charge in [-0.05, 0) is 68.9 Å². The maximum Gasteiger partial charge on any atom is 0.265 e. The highest BCUT2D eigenvalue weighted by atomic mass is 32.2. The van der Waals surface area contributed by atoms with Gasteiger partial charge < -0.3 is 9.47 Å². The maximum atomic E-state index is 13.0. The Morgan fingerprint density at radius 2 is 1.88 bits per heavy atom. The van der Waals surface area contributed by atoms with E-state index in [1.165, 1.54) is 23.6 Å². The van der Waals surface area contributed by atoms with Gasteiger partial charge in [-0.1, -0.05) is 24.3 Å². The van der Waals surface area contributed by atoms with Gasteiger partial charge in [-0.15, -0.1) is 0 Å². The Balaban J connectivity index is 1.77. The van der Waals surface area contributed by atoms with Crippen LogP contribution in [0.4, 0.5) is 0 Å². The molecule has 0 spiro atoms. The summed E-state index contributed by atoms with van der Waals surface area (Å²) in [6.45, 7) is 5.73. The number of carbonyl (C=O) groups is 1. The second kappa shape index (κ2) is 10.1. The fraction of sp³-hybridized carbons (Fsp3) is 0.458. The summed E-state index contributed by atoms with van der Waals surface area (Å²) in [4.78, 5) is 11.9. The molecule has 0 aromatic heterocycles. The fourth-order valence-corrected chi connectivity index (χ4v) is 5.74. The molecule has 2 aromatic rings. The molecule has 1 aliphatic rings. The van der Waals surface area contributed by atoms with E-state index in [2.05, 4.69) is 6.07 Å². The zero-order valence-electron chi connectivity index (χ0n) is 19.5. The molecule has 3 rings (SSSR count). The molecular formula is C24H32N2O6S. The second-order valence-corrected chi connectivity index (χ2v) is 11.0. The number of carbonyl (C=O) groups excluding carboxylic acids is 1. The minimum absolute atomic E-state index is 0.170. The average molecular weight is 477 g/mol. The summed E-state index contributed by atoms with van der Waals surface area (Å²) >= 11 is 0. The lowest BCUT2D eigenvalue weighted by Gasteiger charge is -2.36. The predicted octanol–water partition coefficient (Wildman–Crippen LogP) is 3.55. The zero-order chi connectivity index (χ0) is 24.2. The predicted molar refractivity (Wildman–Crippen MR) is 126 cm³/mol. The van der Waals surface area contributed by atoms with Gasteiger partial charge in [0.2, 0.25) is 10.0 Å². The van der Waals surface area contributed by atoms with Crippen molar-refractivity contribution in [3.05, 3.63) is 48.0 Å². The molecule has 8 nitrogen and oxygen atoms in total. The second-order valence-electron chi connectivity index (χ2n) is 8.55. The first-order chi connectivity index (χ1) is 15.6. The van der Waals surface area contributed by atoms with Crippen molar-refractivity contribution in [2.75, 3.05) is 26.8 Å². The first-order valence-corrected chi connectivity index (χ1v) is 12.4. The van der Waals surface area contributed by atoms with Crippen molar-refractivity contribution in [1.29, 1.82) is 0 Å². The van der Waals surface area contributed by atoms with Gasteiger partial charge in [0, 0.05) is 18.7 Å². The Bertz CT molecular complexity index is 1090. The molecule has 1 heterocycles. The summed E-state index contributed by atoms with van der Waals surface area (Å²) < 4.78 is 36.8. The van der Waals surface area contributed by atoms with Gasteiger partial charge in [0.25, 0.3) is 5.91 Å². The van der Waals surface area contributed by atoms with E-state index in [9.17, 15) is 13.2 Å². The Kier molecular flexibility index (Phi) is 7.66. The quantitative estimate of drug-likeness (QED) is 0.446. The summed E-state index contributed by atoms with van der Waals surface area (Å²) in [5.41, 5.74) is 4.50. The summed E-state index contributed by atoms with van der Waals surface area (Å²) in [5, 5.41) is 8.92. The highest BCUT2D eigenvalue weighted by molar-refractivity contribution is 7.91. The Labute approximate surface area is 195 Å². The van der Waals surface area contributed by atoms with E-state index in [4.69, 9.17) is 14.7 Å². The van der Waals surface area contributed by atoms with E-state index in [0.717, 1.165) is 28.2 Å². The van der Waals surface area contributed by atoms with E-state index >= 15 is 0 Å². The molecule has 2 aromatic carbocycles. The first-order valence-electron chi connectivity index (χ1n) is 11.0. The Morgan fingerprint density at radius 1 is 1.18 bits per heavy atom. The number of benzene rings is 2. The van der Waals surface area contributed by atoms with E-state index < -0.39 is 20.7 Å². The lowest BCUT2D eigenvalue weighted by Crippen LogP contribution is -2.54. The largest absolute Gasteiger partial charge is 0.496 e. The third kappa shape index (κ3) is 5.00. The highest BCUT2D eigenvalue weighted by Crippen LogP contribution is 2.38. The minimum atomic E-state index is -3.92. The van der Waals surface area contributed by atoms with Gasteiger partial charge in [-0.2, -0.15) is 0 Å². The summed E-state index contributed by atoms with van der Waals surface area (Å²) in [7, 11) is -2.28. The lowest BCUT2D eigenvalue weighted by atomic mass is 9.89. The summed E-state index contributed by atoms with van der Waals surface area (Å²) in [6.07, 6.45) is 1.25. The summed E-state index contributed by atoms with van der Waals surface area (Å²) in [5.74, 6) is 0.770. The molecule has 0 radical (unpaired) electrons. The lowest BCUT2D eigenvalue weighted by molar-refractivity contribution is -0.131. The fourth-order valence-electron chi connectivity index (χ4n) is 4.12. The van der Waals surface area contributed by atoms with E-state index in [0.29, 0.717) is 32.5 Å². The van der Waals surface area contributed by atoms with Crippen LogP contribution in [-0.4, -0.2) is 55.4 Å². The number of piperidine rings is 1. The number of nitrogens with one attached hydrogen (secondary N) is 1. The molecule has 33 heavy (non-hydrogen) atoms. The van der Waals surface area contributed by atoms with Crippen molar-refractivity contribution in [2.45, 2.75) is 44.3 Å². The van der Waals surface area contributed by atoms with Crippen molar-refractivity contribution >= 4 is 15.9 Å². The van der Waals surface area contributed by atoms with Crippen molar-refractivity contribution in [3.8, 4) is 22.6 Å². The monoisotopic (exact) mass is 476 g/mol. The molecule has 0 atom stereocenters. The zero-order valence-corrected chi connectivity index (χ0v) is 20.3. The molecule has 1 saturated heterocycles. The molecule has 0 aliphatic carbocycles. The number of nitrogens with zero attached hydrogens (tertiary/aromatic N) is 1. The number of hydrogen-bond donors (Lipinski definition) is 2. The molecule has 180 valence electrons. The van der Waals surface area contributed by atoms with Crippen LogP contribution < -0.4 is 15.0 Å². The van der Waals surface area contributed by atoms with Gasteiger partial charge in [0.15, 0.2) is 4.75 Å². The number of methoxy groups -OCH3 is 1.